The second-order valence-corrected chi connectivity index (χ2v) is 4.49. The van der Waals surface area contributed by atoms with Crippen LogP contribution in [-0.4, -0.2) is 28.8 Å². The van der Waals surface area contributed by atoms with Crippen molar-refractivity contribution >= 4 is 40.4 Å². The molecule has 0 aliphatic rings. The normalized spacial score (nSPS) is 9.91. The van der Waals surface area contributed by atoms with Crippen molar-refractivity contribution in [1.29, 1.82) is 0 Å². The Labute approximate surface area is 78.6 Å². The molecule has 0 aromatic carbocycles. The first-order valence-corrected chi connectivity index (χ1v) is 5.73. The van der Waals surface area contributed by atoms with E-state index in [1.54, 1.807) is 11.8 Å². The van der Waals surface area contributed by atoms with Gasteiger partial charge in [-0.25, -0.2) is 0 Å². The number of nitrogens with zero attached hydrogens (tertiary/aromatic N) is 1. The quantitative estimate of drug-likeness (QED) is 0.585. The molecule has 11 heavy (non-hydrogen) atoms. The van der Waals surface area contributed by atoms with Crippen LogP contribution in [0.15, 0.2) is 0 Å². The molecular weight excluding hydrogens is 198 g/mol. The molecule has 1 heterocycles. The lowest BCUT2D eigenvalue weighted by Crippen LogP contribution is -2.02. The van der Waals surface area contributed by atoms with Gasteiger partial charge in [-0.2, -0.15) is 11.8 Å². The zero-order valence-corrected chi connectivity index (χ0v) is 8.54. The molecule has 2 N–H and O–H groups in total. The molecule has 1 aromatic rings. The molecule has 62 valence electrons. The maximum absolute atomic E-state index is 4.87. The van der Waals surface area contributed by atoms with Gasteiger partial charge < -0.3 is 5.32 Å². The van der Waals surface area contributed by atoms with Gasteiger partial charge in [0.2, 0.25) is 5.13 Å². The molecule has 0 aliphatic carbocycles. The summed E-state index contributed by atoms with van der Waals surface area (Å²) in [6, 6.07) is 0. The van der Waals surface area contributed by atoms with Crippen LogP contribution in [0.1, 0.15) is 0 Å². The Hall–Kier alpha value is -0.0700. The lowest BCUT2D eigenvalue weighted by Gasteiger charge is -1.97. The van der Waals surface area contributed by atoms with Gasteiger partial charge in [-0.1, -0.05) is 11.3 Å². The first-order chi connectivity index (χ1) is 5.33. The van der Waals surface area contributed by atoms with Crippen LogP contribution in [0.3, 0.4) is 0 Å². The van der Waals surface area contributed by atoms with Crippen molar-refractivity contribution in [3.8, 4) is 0 Å². The number of hydrogen-bond donors (Lipinski definition) is 2. The van der Waals surface area contributed by atoms with Gasteiger partial charge in [-0.05, 0) is 18.5 Å². The van der Waals surface area contributed by atoms with Crippen molar-refractivity contribution in [2.75, 3.05) is 23.9 Å². The molecule has 0 fully saturated rings. The molecule has 0 atom stereocenters. The zero-order valence-electron chi connectivity index (χ0n) is 6.09. The van der Waals surface area contributed by atoms with Gasteiger partial charge in [0.1, 0.15) is 0 Å². The summed E-state index contributed by atoms with van der Waals surface area (Å²) in [6.07, 6.45) is 2.08. The third-order valence-electron chi connectivity index (χ3n) is 1.02. The average molecular weight is 207 g/mol. The van der Waals surface area contributed by atoms with E-state index in [-0.39, 0.29) is 0 Å². The zero-order chi connectivity index (χ0) is 8.10. The van der Waals surface area contributed by atoms with E-state index in [0.717, 1.165) is 21.4 Å². The molecule has 0 amide bonds. The lowest BCUT2D eigenvalue weighted by atomic mass is 10.7. The highest BCUT2D eigenvalue weighted by molar-refractivity contribution is 7.98. The minimum atomic E-state index is 0.719. The van der Waals surface area contributed by atoms with Gasteiger partial charge in [0.15, 0.2) is 3.95 Å². The summed E-state index contributed by atoms with van der Waals surface area (Å²) in [6.45, 7) is 0.942. The Morgan fingerprint density at radius 3 is 3.18 bits per heavy atom. The standard InChI is InChI=1S/C5H9N3S3/c1-10-3-2-6-4-7-8-5(9)11-4/h2-3H2,1H3,(H,6,7)(H,8,9). The Morgan fingerprint density at radius 1 is 1.82 bits per heavy atom. The third-order valence-corrected chi connectivity index (χ3v) is 2.68. The van der Waals surface area contributed by atoms with Crippen molar-refractivity contribution in [2.45, 2.75) is 0 Å². The fourth-order valence-corrected chi connectivity index (χ4v) is 1.69. The molecule has 1 aromatic heterocycles. The number of aromatic amines is 1. The van der Waals surface area contributed by atoms with E-state index in [9.17, 15) is 0 Å². The number of hydrogen-bond acceptors (Lipinski definition) is 5. The minimum absolute atomic E-state index is 0.719. The van der Waals surface area contributed by atoms with E-state index in [1.165, 1.54) is 11.3 Å². The maximum atomic E-state index is 4.87. The highest BCUT2D eigenvalue weighted by Crippen LogP contribution is 2.10. The third kappa shape index (κ3) is 3.22. The van der Waals surface area contributed by atoms with Crippen LogP contribution in [0.2, 0.25) is 0 Å². The van der Waals surface area contributed by atoms with Gasteiger partial charge in [0.25, 0.3) is 0 Å². The number of anilines is 1. The summed E-state index contributed by atoms with van der Waals surface area (Å²) in [4.78, 5) is 0. The van der Waals surface area contributed by atoms with E-state index in [4.69, 9.17) is 12.2 Å². The van der Waals surface area contributed by atoms with Crippen LogP contribution in [0.5, 0.6) is 0 Å². The second kappa shape index (κ2) is 4.74. The molecule has 0 radical (unpaired) electrons. The summed E-state index contributed by atoms with van der Waals surface area (Å²) in [5, 5.41) is 10.7. The van der Waals surface area contributed by atoms with Crippen LogP contribution in [-0.2, 0) is 0 Å². The predicted molar refractivity (Wildman–Crippen MR) is 54.2 cm³/mol. The van der Waals surface area contributed by atoms with E-state index in [1.807, 2.05) is 0 Å². The van der Waals surface area contributed by atoms with Gasteiger partial charge in [0.05, 0.1) is 0 Å². The van der Waals surface area contributed by atoms with Crippen molar-refractivity contribution in [3.63, 3.8) is 0 Å². The summed E-state index contributed by atoms with van der Waals surface area (Å²) in [5.74, 6) is 1.09. The topological polar surface area (TPSA) is 40.7 Å². The monoisotopic (exact) mass is 207 g/mol. The molecule has 3 nitrogen and oxygen atoms in total. The highest BCUT2D eigenvalue weighted by Gasteiger charge is 1.93. The van der Waals surface area contributed by atoms with Gasteiger partial charge in [-0.3, -0.25) is 5.10 Å². The number of aromatic nitrogens is 2. The first-order valence-electron chi connectivity index (χ1n) is 3.11. The fourth-order valence-electron chi connectivity index (χ4n) is 0.566. The smallest absolute Gasteiger partial charge is 0.204 e. The summed E-state index contributed by atoms with van der Waals surface area (Å²) in [7, 11) is 0. The Bertz CT molecular complexity index is 253. The van der Waals surface area contributed by atoms with Crippen LogP contribution >= 0.6 is 35.3 Å². The summed E-state index contributed by atoms with van der Waals surface area (Å²) >= 11 is 8.14. The molecule has 0 saturated heterocycles. The van der Waals surface area contributed by atoms with Crippen molar-refractivity contribution in [2.24, 2.45) is 0 Å². The predicted octanol–water partition coefficient (Wildman–Crippen LogP) is 1.98. The average Bonchev–Trinajstić information content (AvgIpc) is 2.37. The minimum Gasteiger partial charge on any atom is -0.359 e. The largest absolute Gasteiger partial charge is 0.359 e. The van der Waals surface area contributed by atoms with Crippen molar-refractivity contribution in [3.05, 3.63) is 3.95 Å². The van der Waals surface area contributed by atoms with Gasteiger partial charge >= 0.3 is 0 Å². The molecule has 0 bridgehead atoms. The molecular formula is C5H9N3S3. The Kier molecular flexibility index (Phi) is 3.88. The highest BCUT2D eigenvalue weighted by atomic mass is 32.2. The first kappa shape index (κ1) is 9.02. The van der Waals surface area contributed by atoms with E-state index >= 15 is 0 Å². The van der Waals surface area contributed by atoms with Crippen LogP contribution in [0, 0.1) is 3.95 Å². The van der Waals surface area contributed by atoms with Crippen LogP contribution in [0.25, 0.3) is 0 Å². The number of thioether (sulfide) groups is 1. The molecule has 0 saturated carbocycles. The number of H-pyrrole nitrogens is 1. The lowest BCUT2D eigenvalue weighted by molar-refractivity contribution is 1.06. The van der Waals surface area contributed by atoms with E-state index < -0.39 is 0 Å². The molecule has 0 spiro atoms. The number of rotatable bonds is 4. The summed E-state index contributed by atoms with van der Waals surface area (Å²) < 4.78 is 0.719. The number of nitrogens with one attached hydrogen (secondary N) is 2. The van der Waals surface area contributed by atoms with Gasteiger partial charge in [-0.15, -0.1) is 5.10 Å². The van der Waals surface area contributed by atoms with Crippen LogP contribution < -0.4 is 5.32 Å². The Balaban J connectivity index is 2.33. The maximum Gasteiger partial charge on any atom is 0.204 e. The molecule has 6 heteroatoms. The second-order valence-electron chi connectivity index (χ2n) is 1.84. The Morgan fingerprint density at radius 2 is 2.64 bits per heavy atom. The van der Waals surface area contributed by atoms with Crippen LogP contribution in [0.4, 0.5) is 5.13 Å². The van der Waals surface area contributed by atoms with Crippen molar-refractivity contribution < 1.29 is 0 Å². The SMILES string of the molecule is CSCCNc1n[nH]c(=S)s1. The molecule has 0 unspecified atom stereocenters. The van der Waals surface area contributed by atoms with Crippen molar-refractivity contribution in [1.82, 2.24) is 10.2 Å². The fraction of sp³-hybridized carbons (Fsp3) is 0.600. The molecule has 1 rings (SSSR count). The van der Waals surface area contributed by atoms with Gasteiger partial charge in [0, 0.05) is 12.3 Å². The van der Waals surface area contributed by atoms with E-state index in [2.05, 4.69) is 21.8 Å². The summed E-state index contributed by atoms with van der Waals surface area (Å²) in [5.41, 5.74) is 0. The van der Waals surface area contributed by atoms with E-state index in [0.29, 0.717) is 0 Å². The molecule has 0 aliphatic heterocycles.